The number of amides is 1. The molecule has 2 aromatic carbocycles. The highest BCUT2D eigenvalue weighted by Crippen LogP contribution is 2.36. The molecular formula is C19H19FN2O. The molecule has 4 heteroatoms. The maximum atomic E-state index is 13.4. The summed E-state index contributed by atoms with van der Waals surface area (Å²) in [5.74, 6) is 0.620. The number of fused-ring (bicyclic) bond motifs is 3. The first-order chi connectivity index (χ1) is 11.2. The van der Waals surface area contributed by atoms with Gasteiger partial charge in [-0.1, -0.05) is 30.3 Å². The summed E-state index contributed by atoms with van der Waals surface area (Å²) >= 11 is 0. The lowest BCUT2D eigenvalue weighted by atomic mass is 9.87. The van der Waals surface area contributed by atoms with Gasteiger partial charge >= 0.3 is 0 Å². The van der Waals surface area contributed by atoms with Crippen molar-refractivity contribution in [3.63, 3.8) is 0 Å². The van der Waals surface area contributed by atoms with Crippen molar-refractivity contribution in [2.75, 3.05) is 19.6 Å². The molecule has 1 amide bonds. The summed E-state index contributed by atoms with van der Waals surface area (Å²) in [4.78, 5) is 14.5. The second kappa shape index (κ2) is 5.78. The average Bonchev–Trinajstić information content (AvgIpc) is 2.90. The second-order valence-electron chi connectivity index (χ2n) is 6.49. The quantitative estimate of drug-likeness (QED) is 0.925. The molecule has 0 radical (unpaired) electrons. The lowest BCUT2D eigenvalue weighted by molar-refractivity contribution is 0.0951. The van der Waals surface area contributed by atoms with Crippen molar-refractivity contribution in [3.8, 4) is 0 Å². The van der Waals surface area contributed by atoms with Gasteiger partial charge in [-0.05, 0) is 35.2 Å². The Bertz CT molecular complexity index is 746. The number of carbonyl (C=O) groups excluding carboxylic acids is 1. The maximum Gasteiger partial charge on any atom is 0.251 e. The fraction of sp³-hybridized carbons (Fsp3) is 0.316. The molecule has 3 nitrogen and oxygen atoms in total. The van der Waals surface area contributed by atoms with Crippen molar-refractivity contribution >= 4 is 5.91 Å². The first-order valence-electron chi connectivity index (χ1n) is 8.04. The number of halogens is 1. The number of hydrogen-bond donors (Lipinski definition) is 1. The summed E-state index contributed by atoms with van der Waals surface area (Å²) in [6.45, 7) is 3.29. The topological polar surface area (TPSA) is 32.3 Å². The van der Waals surface area contributed by atoms with Crippen LogP contribution in [0, 0.1) is 11.7 Å². The van der Waals surface area contributed by atoms with Gasteiger partial charge in [-0.3, -0.25) is 9.69 Å². The molecule has 2 heterocycles. The van der Waals surface area contributed by atoms with Crippen molar-refractivity contribution in [1.29, 1.82) is 0 Å². The first-order valence-corrected chi connectivity index (χ1v) is 8.04. The summed E-state index contributed by atoms with van der Waals surface area (Å²) in [5, 5.41) is 3.04. The van der Waals surface area contributed by atoms with Gasteiger partial charge in [0.15, 0.2) is 0 Å². The molecular weight excluding hydrogens is 291 g/mol. The van der Waals surface area contributed by atoms with E-state index in [9.17, 15) is 9.18 Å². The molecule has 0 spiro atoms. The van der Waals surface area contributed by atoms with Gasteiger partial charge in [0.05, 0.1) is 0 Å². The Kier molecular flexibility index (Phi) is 3.62. The van der Waals surface area contributed by atoms with Crippen molar-refractivity contribution < 1.29 is 9.18 Å². The van der Waals surface area contributed by atoms with Crippen molar-refractivity contribution in [2.24, 2.45) is 5.92 Å². The van der Waals surface area contributed by atoms with Gasteiger partial charge < -0.3 is 5.32 Å². The molecule has 4 rings (SSSR count). The normalized spacial score (nSPS) is 23.8. The highest BCUT2D eigenvalue weighted by atomic mass is 19.1. The molecule has 2 aliphatic rings. The second-order valence-corrected chi connectivity index (χ2v) is 6.49. The van der Waals surface area contributed by atoms with Crippen molar-refractivity contribution in [2.45, 2.75) is 12.5 Å². The standard InChI is InChI=1S/C19H19FN2O/c20-15-5-3-4-13(8-15)10-22-11-14-9-21-19(23)17-7-2-1-6-16(17)18(14)12-22/h1-8,14,18H,9-12H2,(H,21,23)/t14-,18?/m0/s1. The minimum absolute atomic E-state index is 0.0340. The third-order valence-corrected chi connectivity index (χ3v) is 4.94. The van der Waals surface area contributed by atoms with Gasteiger partial charge in [0.1, 0.15) is 5.82 Å². The molecule has 0 aromatic heterocycles. The fourth-order valence-corrected chi connectivity index (χ4v) is 3.89. The smallest absolute Gasteiger partial charge is 0.251 e. The first kappa shape index (κ1) is 14.4. The van der Waals surface area contributed by atoms with Gasteiger partial charge in [-0.25, -0.2) is 4.39 Å². The minimum Gasteiger partial charge on any atom is -0.352 e. The predicted molar refractivity (Wildman–Crippen MR) is 86.7 cm³/mol. The SMILES string of the molecule is O=C1NC[C@H]2CN(Cc3cccc(F)c3)CC2c2ccccc21. The maximum absolute atomic E-state index is 13.4. The molecule has 0 bridgehead atoms. The zero-order valence-corrected chi connectivity index (χ0v) is 12.8. The van der Waals surface area contributed by atoms with Crippen LogP contribution in [0.1, 0.15) is 27.4 Å². The van der Waals surface area contributed by atoms with Crippen LogP contribution in [0.4, 0.5) is 4.39 Å². The molecule has 1 fully saturated rings. The van der Waals surface area contributed by atoms with E-state index in [-0.39, 0.29) is 11.7 Å². The average molecular weight is 310 g/mol. The van der Waals surface area contributed by atoms with E-state index in [1.807, 2.05) is 24.3 Å². The van der Waals surface area contributed by atoms with Crippen LogP contribution in [0.5, 0.6) is 0 Å². The van der Waals surface area contributed by atoms with Crippen LogP contribution >= 0.6 is 0 Å². The third kappa shape index (κ3) is 2.75. The van der Waals surface area contributed by atoms with Gasteiger partial charge in [0.2, 0.25) is 0 Å². The van der Waals surface area contributed by atoms with Crippen molar-refractivity contribution in [3.05, 3.63) is 71.0 Å². The van der Waals surface area contributed by atoms with Crippen LogP contribution in [-0.2, 0) is 6.54 Å². The molecule has 2 aromatic rings. The largest absolute Gasteiger partial charge is 0.352 e. The summed E-state index contributed by atoms with van der Waals surface area (Å²) in [7, 11) is 0. The van der Waals surface area contributed by atoms with E-state index < -0.39 is 0 Å². The van der Waals surface area contributed by atoms with E-state index in [0.29, 0.717) is 18.4 Å². The van der Waals surface area contributed by atoms with Crippen LogP contribution in [0.25, 0.3) is 0 Å². The summed E-state index contributed by atoms with van der Waals surface area (Å²) in [6.07, 6.45) is 0. The van der Waals surface area contributed by atoms with E-state index in [4.69, 9.17) is 0 Å². The van der Waals surface area contributed by atoms with Crippen LogP contribution < -0.4 is 5.32 Å². The fourth-order valence-electron chi connectivity index (χ4n) is 3.89. The Morgan fingerprint density at radius 3 is 2.87 bits per heavy atom. The molecule has 1 unspecified atom stereocenters. The third-order valence-electron chi connectivity index (χ3n) is 4.94. The zero-order chi connectivity index (χ0) is 15.8. The summed E-state index contributed by atoms with van der Waals surface area (Å²) in [6, 6.07) is 14.7. The molecule has 2 aliphatic heterocycles. The van der Waals surface area contributed by atoms with Crippen LogP contribution in [-0.4, -0.2) is 30.4 Å². The Balaban J connectivity index is 1.57. The van der Waals surface area contributed by atoms with E-state index >= 15 is 0 Å². The highest BCUT2D eigenvalue weighted by molar-refractivity contribution is 5.96. The van der Waals surface area contributed by atoms with E-state index in [2.05, 4.69) is 16.3 Å². The lowest BCUT2D eigenvalue weighted by Crippen LogP contribution is -2.29. The van der Waals surface area contributed by atoms with Crippen molar-refractivity contribution in [1.82, 2.24) is 10.2 Å². The van der Waals surface area contributed by atoms with E-state index in [1.54, 1.807) is 12.1 Å². The number of hydrogen-bond acceptors (Lipinski definition) is 2. The zero-order valence-electron chi connectivity index (χ0n) is 12.8. The molecule has 118 valence electrons. The number of nitrogens with zero attached hydrogens (tertiary/aromatic N) is 1. The Morgan fingerprint density at radius 1 is 1.13 bits per heavy atom. The number of benzene rings is 2. The number of nitrogens with one attached hydrogen (secondary N) is 1. The number of rotatable bonds is 2. The highest BCUT2D eigenvalue weighted by Gasteiger charge is 2.37. The number of likely N-dealkylation sites (tertiary alicyclic amines) is 1. The van der Waals surface area contributed by atoms with Crippen LogP contribution in [0.3, 0.4) is 0 Å². The Morgan fingerprint density at radius 2 is 2.00 bits per heavy atom. The minimum atomic E-state index is -0.187. The molecule has 1 saturated heterocycles. The van der Waals surface area contributed by atoms with Gasteiger partial charge in [0.25, 0.3) is 5.91 Å². The monoisotopic (exact) mass is 310 g/mol. The predicted octanol–water partition coefficient (Wildman–Crippen LogP) is 2.78. The van der Waals surface area contributed by atoms with Crippen LogP contribution in [0.2, 0.25) is 0 Å². The summed E-state index contributed by atoms with van der Waals surface area (Å²) < 4.78 is 13.4. The van der Waals surface area contributed by atoms with E-state index in [0.717, 1.165) is 36.3 Å². The Labute approximate surface area is 135 Å². The molecule has 1 N–H and O–H groups in total. The molecule has 23 heavy (non-hydrogen) atoms. The molecule has 0 aliphatic carbocycles. The Hall–Kier alpha value is -2.20. The number of carbonyl (C=O) groups is 1. The van der Waals surface area contributed by atoms with Crippen LogP contribution in [0.15, 0.2) is 48.5 Å². The molecule has 0 saturated carbocycles. The lowest BCUT2D eigenvalue weighted by Gasteiger charge is -2.17. The van der Waals surface area contributed by atoms with Gasteiger partial charge in [0, 0.05) is 37.7 Å². The molecule has 2 atom stereocenters. The van der Waals surface area contributed by atoms with Gasteiger partial charge in [-0.2, -0.15) is 0 Å². The van der Waals surface area contributed by atoms with Gasteiger partial charge in [-0.15, -0.1) is 0 Å². The summed E-state index contributed by atoms with van der Waals surface area (Å²) in [5.41, 5.74) is 2.95. The van der Waals surface area contributed by atoms with E-state index in [1.165, 1.54) is 6.07 Å².